The number of carboxylic acid groups (broad SMARTS) is 1. The summed E-state index contributed by atoms with van der Waals surface area (Å²) in [6.07, 6.45) is -2.17. The average Bonchev–Trinajstić information content (AvgIpc) is 2.25. The number of halogens is 3. The Morgan fingerprint density at radius 2 is 2.00 bits per heavy atom. The second-order valence-electron chi connectivity index (χ2n) is 3.73. The van der Waals surface area contributed by atoms with Crippen molar-refractivity contribution in [1.29, 1.82) is 0 Å². The predicted octanol–water partition coefficient (Wildman–Crippen LogP) is 1.81. The molecule has 0 aromatic heterocycles. The molecule has 0 saturated heterocycles. The molecule has 112 valence electrons. The molecule has 20 heavy (non-hydrogen) atoms. The van der Waals surface area contributed by atoms with Gasteiger partial charge >= 0.3 is 5.97 Å². The highest BCUT2D eigenvalue weighted by molar-refractivity contribution is 7.92. The molecule has 1 N–H and O–H groups in total. The first-order chi connectivity index (χ1) is 9.05. The molecule has 0 aliphatic carbocycles. The van der Waals surface area contributed by atoms with Crippen molar-refractivity contribution in [3.05, 3.63) is 22.7 Å². The molecule has 0 amide bonds. The Morgan fingerprint density at radius 1 is 1.45 bits per heavy atom. The highest BCUT2D eigenvalue weighted by Crippen LogP contribution is 2.31. The summed E-state index contributed by atoms with van der Waals surface area (Å²) in [6, 6.07) is 1.81. The van der Waals surface area contributed by atoms with Crippen LogP contribution in [0, 0.1) is 0 Å². The third-order valence-corrected chi connectivity index (χ3v) is 5.40. The molecule has 0 heterocycles. The van der Waals surface area contributed by atoms with Crippen LogP contribution in [0.25, 0.3) is 0 Å². The van der Waals surface area contributed by atoms with Gasteiger partial charge in [-0.05, 0) is 12.1 Å². The van der Waals surface area contributed by atoms with Crippen LogP contribution < -0.4 is 0 Å². The zero-order valence-electron chi connectivity index (χ0n) is 9.97. The van der Waals surface area contributed by atoms with Gasteiger partial charge in [-0.2, -0.15) is 0 Å². The summed E-state index contributed by atoms with van der Waals surface area (Å²) < 4.78 is 59.5. The van der Waals surface area contributed by atoms with E-state index in [1.165, 1.54) is 0 Å². The number of benzene rings is 1. The van der Waals surface area contributed by atoms with E-state index in [9.17, 15) is 26.2 Å². The second kappa shape index (κ2) is 6.15. The van der Waals surface area contributed by atoms with E-state index in [-0.39, 0.29) is 0 Å². The van der Waals surface area contributed by atoms with Gasteiger partial charge < -0.3 is 5.11 Å². The van der Waals surface area contributed by atoms with Gasteiger partial charge in [0.25, 0.3) is 0 Å². The van der Waals surface area contributed by atoms with E-state index in [0.29, 0.717) is 0 Å². The van der Waals surface area contributed by atoms with Crippen LogP contribution in [-0.2, 0) is 20.6 Å². The van der Waals surface area contributed by atoms with Crippen molar-refractivity contribution in [1.82, 2.24) is 0 Å². The van der Waals surface area contributed by atoms with Gasteiger partial charge in [0, 0.05) is 6.26 Å². The molecule has 1 atom stereocenters. The van der Waals surface area contributed by atoms with E-state index >= 15 is 0 Å². The first kappa shape index (κ1) is 17.0. The Hall–Kier alpha value is -1.06. The van der Waals surface area contributed by atoms with Crippen molar-refractivity contribution in [3.8, 4) is 0 Å². The van der Waals surface area contributed by atoms with Gasteiger partial charge in [-0.15, -0.1) is 0 Å². The quantitative estimate of drug-likeness (QED) is 0.878. The van der Waals surface area contributed by atoms with E-state index in [1.807, 2.05) is 0 Å². The third kappa shape index (κ3) is 3.74. The molecule has 10 heteroatoms. The molecule has 0 spiro atoms. The average molecular weight is 347 g/mol. The minimum absolute atomic E-state index is 0.503. The Labute approximate surface area is 120 Å². The van der Waals surface area contributed by atoms with Crippen molar-refractivity contribution < 1.29 is 31.3 Å². The number of sulfone groups is 1. The van der Waals surface area contributed by atoms with Crippen LogP contribution in [0.1, 0.15) is 10.4 Å². The lowest BCUT2D eigenvalue weighted by atomic mass is 10.2. The van der Waals surface area contributed by atoms with Crippen molar-refractivity contribution in [3.63, 3.8) is 0 Å². The van der Waals surface area contributed by atoms with Crippen LogP contribution in [0.2, 0.25) is 5.02 Å². The highest BCUT2D eigenvalue weighted by Gasteiger charge is 2.26. The number of aromatic carboxylic acids is 1. The van der Waals surface area contributed by atoms with Gasteiger partial charge in [-0.3, -0.25) is 4.21 Å². The molecule has 0 aliphatic heterocycles. The predicted molar refractivity (Wildman–Crippen MR) is 68.8 cm³/mol. The maximum atomic E-state index is 12.3. The topological polar surface area (TPSA) is 88.5 Å². The normalized spacial score (nSPS) is 13.4. The molecule has 1 rings (SSSR count). The van der Waals surface area contributed by atoms with Crippen LogP contribution >= 0.6 is 11.6 Å². The van der Waals surface area contributed by atoms with E-state index in [1.54, 1.807) is 0 Å². The van der Waals surface area contributed by atoms with Gasteiger partial charge in [-0.1, -0.05) is 11.6 Å². The summed E-state index contributed by atoms with van der Waals surface area (Å²) in [7, 11) is -6.33. The monoisotopic (exact) mass is 346 g/mol. The lowest BCUT2D eigenvalue weighted by molar-refractivity contribution is 0.0696. The van der Waals surface area contributed by atoms with Crippen LogP contribution in [0.15, 0.2) is 21.9 Å². The lowest BCUT2D eigenvalue weighted by Gasteiger charge is -2.11. The maximum Gasteiger partial charge on any atom is 0.337 e. The van der Waals surface area contributed by atoms with Gasteiger partial charge in [0.05, 0.1) is 36.9 Å². The standard InChI is InChI=1S/C10H9ClF2O5S2/c1-20(17,18)6-3-2-5(10(14)15)8(11)9(6)19(16)4-7(12)13/h2-3,7H,4H2,1H3,(H,14,15). The van der Waals surface area contributed by atoms with Crippen molar-refractivity contribution >= 4 is 38.2 Å². The fraction of sp³-hybridized carbons (Fsp3) is 0.300. The molecular formula is C10H9ClF2O5S2. The summed E-state index contributed by atoms with van der Waals surface area (Å²) in [6.45, 7) is 0. The first-order valence-electron chi connectivity index (χ1n) is 4.98. The molecular weight excluding hydrogens is 338 g/mol. The zero-order valence-corrected chi connectivity index (χ0v) is 12.4. The van der Waals surface area contributed by atoms with Crippen LogP contribution in [0.3, 0.4) is 0 Å². The van der Waals surface area contributed by atoms with Gasteiger partial charge in [0.2, 0.25) is 6.43 Å². The van der Waals surface area contributed by atoms with E-state index in [0.717, 1.165) is 18.4 Å². The summed E-state index contributed by atoms with van der Waals surface area (Å²) in [5.74, 6) is -2.61. The number of alkyl halides is 2. The van der Waals surface area contributed by atoms with Gasteiger partial charge in [0.1, 0.15) is 0 Å². The van der Waals surface area contributed by atoms with Crippen molar-refractivity contribution in [2.24, 2.45) is 0 Å². The summed E-state index contributed by atoms with van der Waals surface area (Å²) in [5, 5.41) is 8.25. The van der Waals surface area contributed by atoms with E-state index in [4.69, 9.17) is 16.7 Å². The van der Waals surface area contributed by atoms with E-state index < -0.39 is 59.2 Å². The Kier molecular flexibility index (Phi) is 5.22. The smallest absolute Gasteiger partial charge is 0.337 e. The third-order valence-electron chi connectivity index (χ3n) is 2.20. The van der Waals surface area contributed by atoms with Crippen LogP contribution in [0.4, 0.5) is 8.78 Å². The van der Waals surface area contributed by atoms with E-state index in [2.05, 4.69) is 0 Å². The number of hydrogen-bond donors (Lipinski definition) is 1. The molecule has 5 nitrogen and oxygen atoms in total. The van der Waals surface area contributed by atoms with Crippen molar-refractivity contribution in [2.45, 2.75) is 16.2 Å². The molecule has 1 aromatic rings. The molecule has 1 aromatic carbocycles. The number of carboxylic acids is 1. The summed E-state index contributed by atoms with van der Waals surface area (Å²) in [4.78, 5) is 9.77. The number of rotatable bonds is 5. The molecule has 0 radical (unpaired) electrons. The zero-order chi connectivity index (χ0) is 15.7. The minimum Gasteiger partial charge on any atom is -0.478 e. The number of carbonyl (C=O) groups is 1. The van der Waals surface area contributed by atoms with Gasteiger partial charge in [0.15, 0.2) is 9.84 Å². The maximum absolute atomic E-state index is 12.3. The molecule has 0 fully saturated rings. The number of hydrogen-bond acceptors (Lipinski definition) is 4. The van der Waals surface area contributed by atoms with Crippen LogP contribution in [-0.4, -0.2) is 42.1 Å². The Morgan fingerprint density at radius 3 is 2.40 bits per heavy atom. The largest absolute Gasteiger partial charge is 0.478 e. The fourth-order valence-corrected chi connectivity index (χ4v) is 4.45. The molecule has 0 aliphatic rings. The first-order valence-corrected chi connectivity index (χ1v) is 8.57. The minimum atomic E-state index is -3.89. The molecule has 1 unspecified atom stereocenters. The SMILES string of the molecule is CS(=O)(=O)c1ccc(C(=O)O)c(Cl)c1S(=O)CC(F)F. The lowest BCUT2D eigenvalue weighted by Crippen LogP contribution is -2.13. The van der Waals surface area contributed by atoms with Crippen LogP contribution in [0.5, 0.6) is 0 Å². The summed E-state index contributed by atoms with van der Waals surface area (Å²) in [5.41, 5.74) is -0.503. The molecule has 0 saturated carbocycles. The highest BCUT2D eigenvalue weighted by atomic mass is 35.5. The van der Waals surface area contributed by atoms with Crippen molar-refractivity contribution in [2.75, 3.05) is 12.0 Å². The summed E-state index contributed by atoms with van der Waals surface area (Å²) >= 11 is 5.71. The van der Waals surface area contributed by atoms with Gasteiger partial charge in [-0.25, -0.2) is 22.0 Å². The second-order valence-corrected chi connectivity index (χ2v) is 7.53. The molecule has 0 bridgehead atoms. The fourth-order valence-electron chi connectivity index (χ4n) is 1.41. The Balaban J connectivity index is 3.62. The Bertz CT molecular complexity index is 672.